The van der Waals surface area contributed by atoms with E-state index in [9.17, 15) is 0 Å². The van der Waals surface area contributed by atoms with Crippen LogP contribution in [-0.2, 0) is 6.54 Å². The Hall–Kier alpha value is -0.350. The third-order valence-corrected chi connectivity index (χ3v) is 4.30. The average molecular weight is 303 g/mol. The third kappa shape index (κ3) is 2.26. The first-order valence-electron chi connectivity index (χ1n) is 4.44. The van der Waals surface area contributed by atoms with Gasteiger partial charge in [0.2, 0.25) is 0 Å². The van der Waals surface area contributed by atoms with Crippen LogP contribution in [0.1, 0.15) is 5.56 Å². The van der Waals surface area contributed by atoms with Crippen LogP contribution in [-0.4, -0.2) is 0 Å². The maximum Gasteiger partial charge on any atom is 0.0749 e. The van der Waals surface area contributed by atoms with E-state index < -0.39 is 0 Å². The fourth-order valence-corrected chi connectivity index (χ4v) is 3.04. The molecular formula is C11H9BrClNS. The van der Waals surface area contributed by atoms with E-state index in [1.54, 1.807) is 11.3 Å². The van der Waals surface area contributed by atoms with Crippen molar-refractivity contribution < 1.29 is 0 Å². The predicted molar refractivity (Wildman–Crippen MR) is 70.4 cm³/mol. The van der Waals surface area contributed by atoms with Gasteiger partial charge in [0.15, 0.2) is 0 Å². The Balaban J connectivity index is 2.49. The second-order valence-electron chi connectivity index (χ2n) is 3.11. The standard InChI is InChI=1S/C11H9BrClNS/c12-11-9(5-14)10(6-15-11)7-1-3-8(13)4-2-7/h1-4,6H,5,14H2. The number of thiophene rings is 1. The zero-order valence-corrected chi connectivity index (χ0v) is 11.0. The number of hydrogen-bond donors (Lipinski definition) is 1. The molecule has 15 heavy (non-hydrogen) atoms. The zero-order valence-electron chi connectivity index (χ0n) is 7.84. The minimum Gasteiger partial charge on any atom is -0.326 e. The van der Waals surface area contributed by atoms with Crippen LogP contribution in [0.4, 0.5) is 0 Å². The van der Waals surface area contributed by atoms with Crippen LogP contribution in [0.2, 0.25) is 5.02 Å². The highest BCUT2D eigenvalue weighted by Gasteiger charge is 2.09. The lowest BCUT2D eigenvalue weighted by Crippen LogP contribution is -1.96. The van der Waals surface area contributed by atoms with E-state index in [4.69, 9.17) is 17.3 Å². The van der Waals surface area contributed by atoms with Gasteiger partial charge in [0.25, 0.3) is 0 Å². The summed E-state index contributed by atoms with van der Waals surface area (Å²) in [5.41, 5.74) is 9.21. The van der Waals surface area contributed by atoms with Crippen LogP contribution in [0.3, 0.4) is 0 Å². The van der Waals surface area contributed by atoms with Gasteiger partial charge in [-0.05, 0) is 44.8 Å². The SMILES string of the molecule is NCc1c(-c2ccc(Cl)cc2)csc1Br. The van der Waals surface area contributed by atoms with E-state index in [1.807, 2.05) is 24.3 Å². The summed E-state index contributed by atoms with van der Waals surface area (Å²) in [5.74, 6) is 0. The highest BCUT2D eigenvalue weighted by Crippen LogP contribution is 2.35. The van der Waals surface area contributed by atoms with Gasteiger partial charge in [0.05, 0.1) is 3.79 Å². The molecule has 0 spiro atoms. The Bertz CT molecular complexity index is 464. The van der Waals surface area contributed by atoms with Crippen LogP contribution in [0.15, 0.2) is 33.4 Å². The van der Waals surface area contributed by atoms with Gasteiger partial charge >= 0.3 is 0 Å². The van der Waals surface area contributed by atoms with E-state index in [1.165, 1.54) is 5.56 Å². The summed E-state index contributed by atoms with van der Waals surface area (Å²) >= 11 is 11.0. The van der Waals surface area contributed by atoms with Gasteiger partial charge in [0.1, 0.15) is 0 Å². The first-order valence-corrected chi connectivity index (χ1v) is 6.49. The number of rotatable bonds is 2. The fourth-order valence-electron chi connectivity index (χ4n) is 1.42. The largest absolute Gasteiger partial charge is 0.326 e. The van der Waals surface area contributed by atoms with Crippen LogP contribution in [0.25, 0.3) is 11.1 Å². The Labute approximate surface area is 106 Å². The predicted octanol–water partition coefficient (Wildman–Crippen LogP) is 4.29. The zero-order chi connectivity index (χ0) is 10.8. The van der Waals surface area contributed by atoms with E-state index in [0.717, 1.165) is 19.9 Å². The number of halogens is 2. The molecule has 78 valence electrons. The van der Waals surface area contributed by atoms with E-state index in [0.29, 0.717) is 6.54 Å². The Kier molecular flexibility index (Phi) is 3.46. The second-order valence-corrected chi connectivity index (χ2v) is 5.75. The third-order valence-electron chi connectivity index (χ3n) is 2.20. The molecule has 0 aliphatic rings. The molecule has 1 aromatic carbocycles. The molecule has 0 bridgehead atoms. The Morgan fingerprint density at radius 2 is 1.93 bits per heavy atom. The summed E-state index contributed by atoms with van der Waals surface area (Å²) in [7, 11) is 0. The van der Waals surface area contributed by atoms with Crippen molar-refractivity contribution in [1.29, 1.82) is 0 Å². The number of nitrogens with two attached hydrogens (primary N) is 1. The molecule has 0 saturated carbocycles. The van der Waals surface area contributed by atoms with Crippen LogP contribution in [0.5, 0.6) is 0 Å². The molecule has 0 fully saturated rings. The molecule has 0 atom stereocenters. The lowest BCUT2D eigenvalue weighted by atomic mass is 10.1. The summed E-state index contributed by atoms with van der Waals surface area (Å²) in [6, 6.07) is 7.80. The lowest BCUT2D eigenvalue weighted by Gasteiger charge is -2.02. The van der Waals surface area contributed by atoms with Crippen LogP contribution in [0, 0.1) is 0 Å². The highest BCUT2D eigenvalue weighted by atomic mass is 79.9. The Morgan fingerprint density at radius 3 is 2.53 bits per heavy atom. The summed E-state index contributed by atoms with van der Waals surface area (Å²) in [6.45, 7) is 0.544. The number of hydrogen-bond acceptors (Lipinski definition) is 2. The van der Waals surface area contributed by atoms with Crippen LogP contribution >= 0.6 is 38.9 Å². The summed E-state index contributed by atoms with van der Waals surface area (Å²) in [4.78, 5) is 0. The Morgan fingerprint density at radius 1 is 1.27 bits per heavy atom. The molecule has 0 saturated heterocycles. The molecule has 0 radical (unpaired) electrons. The van der Waals surface area contributed by atoms with Crippen molar-refractivity contribution in [3.63, 3.8) is 0 Å². The molecule has 1 aromatic heterocycles. The van der Waals surface area contributed by atoms with Crippen LogP contribution < -0.4 is 5.73 Å². The van der Waals surface area contributed by atoms with E-state index in [2.05, 4.69) is 21.3 Å². The topological polar surface area (TPSA) is 26.0 Å². The van der Waals surface area contributed by atoms with Crippen molar-refractivity contribution in [2.45, 2.75) is 6.54 Å². The molecule has 2 aromatic rings. The van der Waals surface area contributed by atoms with Gasteiger partial charge in [-0.15, -0.1) is 11.3 Å². The minimum absolute atomic E-state index is 0.544. The van der Waals surface area contributed by atoms with E-state index >= 15 is 0 Å². The molecule has 1 heterocycles. The molecule has 2 N–H and O–H groups in total. The monoisotopic (exact) mass is 301 g/mol. The number of benzene rings is 1. The molecule has 0 unspecified atom stereocenters. The summed E-state index contributed by atoms with van der Waals surface area (Å²) in [6.07, 6.45) is 0. The molecule has 0 amide bonds. The molecular weight excluding hydrogens is 294 g/mol. The second kappa shape index (κ2) is 4.66. The van der Waals surface area contributed by atoms with Crippen molar-refractivity contribution in [2.75, 3.05) is 0 Å². The normalized spacial score (nSPS) is 10.6. The van der Waals surface area contributed by atoms with Crippen molar-refractivity contribution in [3.05, 3.63) is 44.0 Å². The maximum atomic E-state index is 5.85. The molecule has 0 aliphatic carbocycles. The van der Waals surface area contributed by atoms with Gasteiger partial charge in [-0.25, -0.2) is 0 Å². The summed E-state index contributed by atoms with van der Waals surface area (Å²) < 4.78 is 1.11. The lowest BCUT2D eigenvalue weighted by molar-refractivity contribution is 1.08. The molecule has 0 aliphatic heterocycles. The van der Waals surface area contributed by atoms with Crippen molar-refractivity contribution >= 4 is 38.9 Å². The molecule has 1 nitrogen and oxygen atoms in total. The smallest absolute Gasteiger partial charge is 0.0749 e. The van der Waals surface area contributed by atoms with Gasteiger partial charge in [-0.3, -0.25) is 0 Å². The first-order chi connectivity index (χ1) is 7.22. The summed E-state index contributed by atoms with van der Waals surface area (Å²) in [5, 5.41) is 2.86. The molecule has 2 rings (SSSR count). The minimum atomic E-state index is 0.544. The fraction of sp³-hybridized carbons (Fsp3) is 0.0909. The highest BCUT2D eigenvalue weighted by molar-refractivity contribution is 9.11. The maximum absolute atomic E-state index is 5.85. The molecule has 4 heteroatoms. The van der Waals surface area contributed by atoms with Gasteiger partial charge in [-0.1, -0.05) is 23.7 Å². The van der Waals surface area contributed by atoms with Gasteiger partial charge in [-0.2, -0.15) is 0 Å². The first kappa shape index (κ1) is 11.1. The van der Waals surface area contributed by atoms with Crippen molar-refractivity contribution in [2.24, 2.45) is 5.73 Å². The van der Waals surface area contributed by atoms with Gasteiger partial charge in [0, 0.05) is 16.9 Å². The van der Waals surface area contributed by atoms with Gasteiger partial charge < -0.3 is 5.73 Å². The van der Waals surface area contributed by atoms with Crippen molar-refractivity contribution in [1.82, 2.24) is 0 Å². The van der Waals surface area contributed by atoms with Crippen molar-refractivity contribution in [3.8, 4) is 11.1 Å². The van der Waals surface area contributed by atoms with E-state index in [-0.39, 0.29) is 0 Å². The average Bonchev–Trinajstić information content (AvgIpc) is 2.61. The quantitative estimate of drug-likeness (QED) is 0.880.